The van der Waals surface area contributed by atoms with Crippen LogP contribution < -0.4 is 4.74 Å². The van der Waals surface area contributed by atoms with Crippen LogP contribution in [-0.4, -0.2) is 42.7 Å². The summed E-state index contributed by atoms with van der Waals surface area (Å²) in [5.74, 6) is 0.109. The van der Waals surface area contributed by atoms with Crippen LogP contribution in [0.5, 0.6) is 5.88 Å². The third-order valence-corrected chi connectivity index (χ3v) is 8.54. The van der Waals surface area contributed by atoms with Gasteiger partial charge in [0.05, 0.1) is 12.6 Å². The zero-order valence-electron chi connectivity index (χ0n) is 24.8. The van der Waals surface area contributed by atoms with Crippen LogP contribution in [0.4, 0.5) is 0 Å². The number of hydrogen-bond donors (Lipinski definition) is 1. The van der Waals surface area contributed by atoms with Gasteiger partial charge in [0, 0.05) is 21.3 Å². The number of methoxy groups -OCH3 is 1. The van der Waals surface area contributed by atoms with E-state index in [1.54, 1.807) is 7.11 Å². The number of aliphatic hydroxyl groups is 1. The average Bonchev–Trinajstić information content (AvgIpc) is 3.00. The molecule has 2 atom stereocenters. The Morgan fingerprint density at radius 1 is 0.857 bits per heavy atom. The molecule has 1 heterocycles. The normalized spacial score (nSPS) is 13.7. The quantitative estimate of drug-likeness (QED) is 0.150. The first-order chi connectivity index (χ1) is 20.3. The monoisotopic (exact) mass is 622 g/mol. The topological polar surface area (TPSA) is 45.6 Å². The Morgan fingerprint density at radius 2 is 1.62 bits per heavy atom. The zero-order valence-corrected chi connectivity index (χ0v) is 26.4. The molecule has 4 aromatic carbocycles. The van der Waals surface area contributed by atoms with E-state index in [1.165, 1.54) is 5.56 Å². The lowest BCUT2D eigenvalue weighted by molar-refractivity contribution is 0.00682. The molecule has 0 aliphatic rings. The molecule has 5 aromatic rings. The Labute approximate surface area is 258 Å². The third kappa shape index (κ3) is 6.59. The lowest BCUT2D eigenvalue weighted by Gasteiger charge is -2.38. The third-order valence-electron chi connectivity index (χ3n) is 8.04. The number of benzene rings is 4. The summed E-state index contributed by atoms with van der Waals surface area (Å²) >= 11 is 3.63. The fraction of sp³-hybridized carbons (Fsp3) is 0.270. The van der Waals surface area contributed by atoms with Crippen LogP contribution in [0.25, 0.3) is 22.0 Å². The highest BCUT2D eigenvalue weighted by molar-refractivity contribution is 9.10. The van der Waals surface area contributed by atoms with Gasteiger partial charge >= 0.3 is 0 Å². The molecule has 4 nitrogen and oxygen atoms in total. The van der Waals surface area contributed by atoms with Gasteiger partial charge in [0.25, 0.3) is 0 Å². The Kier molecular flexibility index (Phi) is 9.42. The molecule has 0 aliphatic carbocycles. The van der Waals surface area contributed by atoms with Crippen LogP contribution in [0.3, 0.4) is 0 Å². The highest BCUT2D eigenvalue weighted by Crippen LogP contribution is 2.48. The fourth-order valence-corrected chi connectivity index (χ4v) is 6.25. The maximum Gasteiger partial charge on any atom is 0.217 e. The predicted octanol–water partition coefficient (Wildman–Crippen LogP) is 8.73. The van der Waals surface area contributed by atoms with Crippen LogP contribution >= 0.6 is 15.9 Å². The summed E-state index contributed by atoms with van der Waals surface area (Å²) in [6, 6.07) is 35.4. The standard InChI is InChI=1S/C37H39BrN2O2/c1-26-15-17-27(18-16-26)29-13-10-14-31(23-29)37(41,21-8-9-22-40(2)3)35(28-11-6-5-7-12-28)33-25-30-24-32(38)19-20-34(30)39-36(33)42-4/h5-7,10-20,23-25,35,41H,8-9,21-22H2,1-4H3. The Hall–Kier alpha value is -3.51. The number of aromatic nitrogens is 1. The van der Waals surface area contributed by atoms with Crippen LogP contribution in [0.15, 0.2) is 108 Å². The molecule has 0 amide bonds. The molecule has 5 rings (SSSR count). The van der Waals surface area contributed by atoms with Crippen LogP contribution in [0.1, 0.15) is 47.4 Å². The molecule has 0 saturated carbocycles. The van der Waals surface area contributed by atoms with E-state index in [2.05, 4.69) is 115 Å². The van der Waals surface area contributed by atoms with Gasteiger partial charge in [-0.25, -0.2) is 4.98 Å². The molecule has 0 fully saturated rings. The maximum absolute atomic E-state index is 13.2. The smallest absolute Gasteiger partial charge is 0.217 e. The molecule has 0 radical (unpaired) electrons. The number of nitrogens with zero attached hydrogens (tertiary/aromatic N) is 2. The minimum absolute atomic E-state index is 0.419. The van der Waals surface area contributed by atoms with Gasteiger partial charge in [-0.3, -0.25) is 0 Å². The van der Waals surface area contributed by atoms with Crippen LogP contribution in [0, 0.1) is 6.92 Å². The minimum atomic E-state index is -1.23. The van der Waals surface area contributed by atoms with E-state index in [4.69, 9.17) is 9.72 Å². The second-order valence-corrected chi connectivity index (χ2v) is 12.3. The summed E-state index contributed by atoms with van der Waals surface area (Å²) in [5, 5.41) is 14.2. The Balaban J connectivity index is 1.72. The number of unbranched alkanes of at least 4 members (excludes halogenated alkanes) is 1. The molecule has 42 heavy (non-hydrogen) atoms. The van der Waals surface area contributed by atoms with E-state index in [9.17, 15) is 5.11 Å². The summed E-state index contributed by atoms with van der Waals surface area (Å²) in [6.07, 6.45) is 2.42. The summed E-state index contributed by atoms with van der Waals surface area (Å²) in [4.78, 5) is 7.11. The minimum Gasteiger partial charge on any atom is -0.481 e. The summed E-state index contributed by atoms with van der Waals surface area (Å²) in [5.41, 5.74) is 5.81. The molecular weight excluding hydrogens is 584 g/mol. The highest BCUT2D eigenvalue weighted by atomic mass is 79.9. The van der Waals surface area contributed by atoms with Crippen molar-refractivity contribution < 1.29 is 9.84 Å². The molecule has 0 aliphatic heterocycles. The van der Waals surface area contributed by atoms with Gasteiger partial charge in [-0.2, -0.15) is 0 Å². The SMILES string of the molecule is COc1nc2ccc(Br)cc2cc1C(c1ccccc1)C(O)(CCCCN(C)C)c1cccc(-c2ccc(C)cc2)c1. The zero-order chi connectivity index (χ0) is 29.7. The molecule has 1 N–H and O–H groups in total. The highest BCUT2D eigenvalue weighted by Gasteiger charge is 2.42. The van der Waals surface area contributed by atoms with Gasteiger partial charge in [0.15, 0.2) is 0 Å². The summed E-state index contributed by atoms with van der Waals surface area (Å²) in [7, 11) is 5.84. The van der Waals surface area contributed by atoms with E-state index in [1.807, 2.05) is 30.3 Å². The molecule has 1 aromatic heterocycles. The van der Waals surface area contributed by atoms with Crippen molar-refractivity contribution in [1.29, 1.82) is 0 Å². The van der Waals surface area contributed by atoms with Crippen LogP contribution in [0.2, 0.25) is 0 Å². The van der Waals surface area contributed by atoms with Crippen molar-refractivity contribution in [3.8, 4) is 17.0 Å². The van der Waals surface area contributed by atoms with Gasteiger partial charge in [-0.1, -0.05) is 94.3 Å². The molecule has 5 heteroatoms. The second-order valence-electron chi connectivity index (χ2n) is 11.4. The second kappa shape index (κ2) is 13.2. The number of fused-ring (bicyclic) bond motifs is 1. The van der Waals surface area contributed by atoms with Crippen molar-refractivity contribution in [3.63, 3.8) is 0 Å². The number of rotatable bonds is 11. The molecule has 216 valence electrons. The largest absolute Gasteiger partial charge is 0.481 e. The van der Waals surface area contributed by atoms with E-state index >= 15 is 0 Å². The lowest BCUT2D eigenvalue weighted by atomic mass is 9.70. The summed E-state index contributed by atoms with van der Waals surface area (Å²) in [6.45, 7) is 3.06. The van der Waals surface area contributed by atoms with Gasteiger partial charge in [0.2, 0.25) is 5.88 Å². The van der Waals surface area contributed by atoms with Crippen LogP contribution in [-0.2, 0) is 5.60 Å². The van der Waals surface area contributed by atoms with Crippen molar-refractivity contribution in [2.75, 3.05) is 27.7 Å². The van der Waals surface area contributed by atoms with Gasteiger partial charge < -0.3 is 14.7 Å². The Bertz CT molecular complexity index is 1640. The predicted molar refractivity (Wildman–Crippen MR) is 177 cm³/mol. The van der Waals surface area contributed by atoms with Crippen molar-refractivity contribution in [2.45, 2.75) is 37.7 Å². The fourth-order valence-electron chi connectivity index (χ4n) is 5.87. The molecule has 2 unspecified atom stereocenters. The van der Waals surface area contributed by atoms with E-state index < -0.39 is 11.5 Å². The molecule has 0 saturated heterocycles. The molecule has 0 spiro atoms. The number of halogens is 1. The Morgan fingerprint density at radius 3 is 2.33 bits per heavy atom. The number of pyridine rings is 1. The first kappa shape index (κ1) is 30.0. The maximum atomic E-state index is 13.2. The first-order valence-corrected chi connectivity index (χ1v) is 15.3. The van der Waals surface area contributed by atoms with Crippen molar-refractivity contribution in [3.05, 3.63) is 130 Å². The lowest BCUT2D eigenvalue weighted by Crippen LogP contribution is -2.35. The number of ether oxygens (including phenoxy) is 1. The molecular formula is C37H39BrN2O2. The van der Waals surface area contributed by atoms with Gasteiger partial charge in [-0.05, 0) is 99.4 Å². The van der Waals surface area contributed by atoms with E-state index in [0.717, 1.165) is 62.6 Å². The number of hydrogen-bond acceptors (Lipinski definition) is 4. The first-order valence-electron chi connectivity index (χ1n) is 14.5. The van der Waals surface area contributed by atoms with Gasteiger partial charge in [-0.15, -0.1) is 0 Å². The van der Waals surface area contributed by atoms with E-state index in [0.29, 0.717) is 12.3 Å². The van der Waals surface area contributed by atoms with Crippen molar-refractivity contribution in [2.24, 2.45) is 0 Å². The van der Waals surface area contributed by atoms with E-state index in [-0.39, 0.29) is 0 Å². The number of aryl methyl sites for hydroxylation is 1. The average molecular weight is 624 g/mol. The van der Waals surface area contributed by atoms with Gasteiger partial charge in [0.1, 0.15) is 5.60 Å². The van der Waals surface area contributed by atoms with Crippen molar-refractivity contribution in [1.82, 2.24) is 9.88 Å². The molecule has 0 bridgehead atoms. The summed E-state index contributed by atoms with van der Waals surface area (Å²) < 4.78 is 6.92. The van der Waals surface area contributed by atoms with Crippen molar-refractivity contribution >= 4 is 26.8 Å².